The first-order chi connectivity index (χ1) is 11.2. The number of fused-ring (bicyclic) bond motifs is 1. The molecule has 118 valence electrons. The summed E-state index contributed by atoms with van der Waals surface area (Å²) >= 11 is 3.43. The van der Waals surface area contributed by atoms with Gasteiger partial charge in [-0.05, 0) is 42.5 Å². The quantitative estimate of drug-likeness (QED) is 0.538. The molecule has 0 aliphatic rings. The van der Waals surface area contributed by atoms with Crippen LogP contribution in [0.15, 0.2) is 57.7 Å². The molecule has 0 amide bonds. The number of rotatable bonds is 5. The molecule has 0 radical (unpaired) electrons. The first kappa shape index (κ1) is 15.8. The molecule has 23 heavy (non-hydrogen) atoms. The third kappa shape index (κ3) is 3.48. The number of hydrogen-bond donors (Lipinski definition) is 1. The maximum Gasteiger partial charge on any atom is 0.343 e. The van der Waals surface area contributed by atoms with Crippen molar-refractivity contribution in [3.63, 3.8) is 0 Å². The summed E-state index contributed by atoms with van der Waals surface area (Å²) < 4.78 is 5.29. The number of hydrogen-bond acceptors (Lipinski definition) is 3. The van der Waals surface area contributed by atoms with Crippen molar-refractivity contribution in [1.29, 1.82) is 0 Å². The highest BCUT2D eigenvalue weighted by Gasteiger charge is 2.13. The van der Waals surface area contributed by atoms with E-state index in [9.17, 15) is 9.90 Å². The summed E-state index contributed by atoms with van der Waals surface area (Å²) in [5, 5.41) is 11.9. The van der Waals surface area contributed by atoms with Crippen LogP contribution in [0.25, 0.3) is 11.0 Å². The van der Waals surface area contributed by atoms with Crippen molar-refractivity contribution >= 4 is 26.9 Å². The van der Waals surface area contributed by atoms with E-state index >= 15 is 0 Å². The van der Waals surface area contributed by atoms with Crippen molar-refractivity contribution in [2.75, 3.05) is 5.33 Å². The summed E-state index contributed by atoms with van der Waals surface area (Å²) in [6.45, 7) is 0. The van der Waals surface area contributed by atoms with Gasteiger partial charge in [0.1, 0.15) is 11.3 Å². The van der Waals surface area contributed by atoms with Crippen LogP contribution in [0.2, 0.25) is 0 Å². The van der Waals surface area contributed by atoms with Crippen molar-refractivity contribution in [1.82, 2.24) is 0 Å². The molecule has 0 aliphatic heterocycles. The Hall–Kier alpha value is -2.07. The Kier molecular flexibility index (Phi) is 4.82. The molecule has 0 atom stereocenters. The number of benzene rings is 2. The molecule has 0 bridgehead atoms. The first-order valence-electron chi connectivity index (χ1n) is 7.56. The van der Waals surface area contributed by atoms with Gasteiger partial charge in [0.2, 0.25) is 0 Å². The van der Waals surface area contributed by atoms with Crippen LogP contribution < -0.4 is 5.63 Å². The van der Waals surface area contributed by atoms with Gasteiger partial charge in [0.05, 0.1) is 10.9 Å². The van der Waals surface area contributed by atoms with Gasteiger partial charge in [0, 0.05) is 5.33 Å². The Morgan fingerprint density at radius 2 is 1.57 bits per heavy atom. The molecular weight excluding hydrogens is 356 g/mol. The third-order valence-electron chi connectivity index (χ3n) is 3.95. The molecule has 0 spiro atoms. The van der Waals surface area contributed by atoms with Crippen molar-refractivity contribution < 1.29 is 9.52 Å². The van der Waals surface area contributed by atoms with Crippen molar-refractivity contribution in [2.45, 2.75) is 19.3 Å². The average Bonchev–Trinajstić information content (AvgIpc) is 2.56. The van der Waals surface area contributed by atoms with Crippen LogP contribution in [0.3, 0.4) is 0 Å². The van der Waals surface area contributed by atoms with Gasteiger partial charge in [-0.2, -0.15) is 0 Å². The Bertz CT molecular complexity index is 866. The zero-order valence-corrected chi connectivity index (χ0v) is 14.2. The smallest absolute Gasteiger partial charge is 0.343 e. The van der Waals surface area contributed by atoms with E-state index < -0.39 is 5.63 Å². The molecule has 0 fully saturated rings. The van der Waals surface area contributed by atoms with Crippen LogP contribution in [0.4, 0.5) is 0 Å². The zero-order valence-electron chi connectivity index (χ0n) is 12.6. The summed E-state index contributed by atoms with van der Waals surface area (Å²) in [5.74, 6) is 0.0350. The molecule has 1 aromatic heterocycles. The molecule has 0 saturated carbocycles. The molecule has 3 aromatic rings. The van der Waals surface area contributed by atoms with Gasteiger partial charge in [-0.3, -0.25) is 0 Å². The highest BCUT2D eigenvalue weighted by atomic mass is 79.9. The van der Waals surface area contributed by atoms with Gasteiger partial charge in [-0.25, -0.2) is 4.79 Å². The minimum Gasteiger partial charge on any atom is -0.507 e. The predicted molar refractivity (Wildman–Crippen MR) is 95.5 cm³/mol. The monoisotopic (exact) mass is 372 g/mol. The van der Waals surface area contributed by atoms with Gasteiger partial charge in [-0.15, -0.1) is 0 Å². The van der Waals surface area contributed by atoms with E-state index in [2.05, 4.69) is 40.2 Å². The van der Waals surface area contributed by atoms with Gasteiger partial charge in [0.15, 0.2) is 0 Å². The predicted octanol–water partition coefficient (Wildman–Crippen LogP) is 4.22. The fourth-order valence-corrected chi connectivity index (χ4v) is 3.10. The molecule has 0 unspecified atom stereocenters. The summed E-state index contributed by atoms with van der Waals surface area (Å²) in [6.07, 6.45) is 2.14. The first-order valence-corrected chi connectivity index (χ1v) is 8.68. The van der Waals surface area contributed by atoms with E-state index in [-0.39, 0.29) is 5.75 Å². The van der Waals surface area contributed by atoms with Gasteiger partial charge in [0.25, 0.3) is 0 Å². The Morgan fingerprint density at radius 1 is 0.913 bits per heavy atom. The van der Waals surface area contributed by atoms with E-state index in [4.69, 9.17) is 4.42 Å². The molecule has 0 saturated heterocycles. The SMILES string of the molecule is O=c1oc2ccccc2c(O)c1CCc1ccc(CCBr)cc1. The van der Waals surface area contributed by atoms with Gasteiger partial charge >= 0.3 is 5.63 Å². The van der Waals surface area contributed by atoms with Crippen molar-refractivity contribution in [3.8, 4) is 5.75 Å². The lowest BCUT2D eigenvalue weighted by Gasteiger charge is -2.07. The summed E-state index contributed by atoms with van der Waals surface area (Å²) in [7, 11) is 0. The lowest BCUT2D eigenvalue weighted by molar-refractivity contribution is 0.456. The van der Waals surface area contributed by atoms with Crippen LogP contribution in [0.1, 0.15) is 16.7 Å². The van der Waals surface area contributed by atoms with Crippen LogP contribution in [0, 0.1) is 0 Å². The van der Waals surface area contributed by atoms with Crippen LogP contribution >= 0.6 is 15.9 Å². The van der Waals surface area contributed by atoms with Crippen LogP contribution in [-0.2, 0) is 19.3 Å². The van der Waals surface area contributed by atoms with E-state index in [0.717, 1.165) is 17.3 Å². The Morgan fingerprint density at radius 3 is 2.26 bits per heavy atom. The highest BCUT2D eigenvalue weighted by molar-refractivity contribution is 9.09. The fraction of sp³-hybridized carbons (Fsp3) is 0.211. The largest absolute Gasteiger partial charge is 0.507 e. The maximum absolute atomic E-state index is 12.1. The topological polar surface area (TPSA) is 50.4 Å². The number of para-hydroxylation sites is 1. The average molecular weight is 373 g/mol. The Balaban J connectivity index is 1.83. The summed E-state index contributed by atoms with van der Waals surface area (Å²) in [6, 6.07) is 15.4. The second kappa shape index (κ2) is 7.01. The standard InChI is InChI=1S/C19H17BrO3/c20-12-11-14-7-5-13(6-8-14)9-10-16-18(21)15-3-1-2-4-17(15)23-19(16)22/h1-8,21H,9-12H2. The molecule has 2 aromatic carbocycles. The lowest BCUT2D eigenvalue weighted by Crippen LogP contribution is -2.09. The number of alkyl halides is 1. The molecule has 4 heteroatoms. The molecule has 1 heterocycles. The number of aryl methyl sites for hydroxylation is 2. The zero-order chi connectivity index (χ0) is 16.2. The summed E-state index contributed by atoms with van der Waals surface area (Å²) in [4.78, 5) is 12.1. The minimum absolute atomic E-state index is 0.0350. The third-order valence-corrected chi connectivity index (χ3v) is 4.34. The normalized spacial score (nSPS) is 11.0. The molecule has 0 aliphatic carbocycles. The highest BCUT2D eigenvalue weighted by Crippen LogP contribution is 2.26. The lowest BCUT2D eigenvalue weighted by atomic mass is 10.0. The van der Waals surface area contributed by atoms with Gasteiger partial charge in [-0.1, -0.05) is 52.3 Å². The minimum atomic E-state index is -0.461. The van der Waals surface area contributed by atoms with E-state index in [1.165, 1.54) is 5.56 Å². The molecular formula is C19H17BrO3. The second-order valence-electron chi connectivity index (χ2n) is 5.47. The maximum atomic E-state index is 12.1. The van der Waals surface area contributed by atoms with Crippen molar-refractivity contribution in [2.24, 2.45) is 0 Å². The van der Waals surface area contributed by atoms with E-state index in [0.29, 0.717) is 29.4 Å². The van der Waals surface area contributed by atoms with E-state index in [1.54, 1.807) is 18.2 Å². The summed E-state index contributed by atoms with van der Waals surface area (Å²) in [5.41, 5.74) is 2.71. The fourth-order valence-electron chi connectivity index (χ4n) is 2.64. The van der Waals surface area contributed by atoms with Crippen molar-refractivity contribution in [3.05, 3.63) is 75.6 Å². The molecule has 3 rings (SSSR count). The number of aromatic hydroxyl groups is 1. The molecule has 1 N–H and O–H groups in total. The van der Waals surface area contributed by atoms with Crippen LogP contribution in [-0.4, -0.2) is 10.4 Å². The molecule has 3 nitrogen and oxygen atoms in total. The second-order valence-corrected chi connectivity index (χ2v) is 6.26. The van der Waals surface area contributed by atoms with Gasteiger partial charge < -0.3 is 9.52 Å². The van der Waals surface area contributed by atoms with Crippen LogP contribution in [0.5, 0.6) is 5.75 Å². The number of halogens is 1. The Labute approximate surface area is 142 Å². The van der Waals surface area contributed by atoms with E-state index in [1.807, 2.05) is 6.07 Å².